The summed E-state index contributed by atoms with van der Waals surface area (Å²) in [5, 5.41) is 2.40. The van der Waals surface area contributed by atoms with E-state index in [-0.39, 0.29) is 19.6 Å². The first-order valence-electron chi connectivity index (χ1n) is 6.68. The largest absolute Gasteiger partial charge is 0.464 e. The van der Waals surface area contributed by atoms with E-state index in [4.69, 9.17) is 9.47 Å². The molecule has 0 aromatic rings. The number of carbonyl (C=O) groups excluding carboxylic acids is 3. The molecule has 0 aliphatic rings. The fourth-order valence-corrected chi connectivity index (χ4v) is 1.77. The number of unbranched alkanes of at least 4 members (excludes halogenated alkanes) is 1. The Hall–Kier alpha value is -1.85. The molecule has 0 bridgehead atoms. The minimum absolute atomic E-state index is 0.107. The lowest BCUT2D eigenvalue weighted by atomic mass is 9.92. The van der Waals surface area contributed by atoms with Crippen LogP contribution in [0.3, 0.4) is 0 Å². The molecule has 0 aliphatic carbocycles. The van der Waals surface area contributed by atoms with Gasteiger partial charge >= 0.3 is 11.9 Å². The van der Waals surface area contributed by atoms with Crippen LogP contribution >= 0.6 is 0 Å². The third-order valence-corrected chi connectivity index (χ3v) is 2.60. The van der Waals surface area contributed by atoms with Gasteiger partial charge in [0.1, 0.15) is 0 Å². The molecule has 1 amide bonds. The van der Waals surface area contributed by atoms with Gasteiger partial charge in [0.15, 0.2) is 0 Å². The van der Waals surface area contributed by atoms with Crippen molar-refractivity contribution >= 4 is 17.8 Å². The minimum atomic E-state index is -1.78. The van der Waals surface area contributed by atoms with Gasteiger partial charge in [0.25, 0.3) is 0 Å². The van der Waals surface area contributed by atoms with Gasteiger partial charge in [0.05, 0.1) is 13.2 Å². The number of hydrogen-bond donors (Lipinski definition) is 1. The predicted molar refractivity (Wildman–Crippen MR) is 73.9 cm³/mol. The van der Waals surface area contributed by atoms with E-state index >= 15 is 0 Å². The van der Waals surface area contributed by atoms with Crippen molar-refractivity contribution in [3.05, 3.63) is 12.7 Å². The third-order valence-electron chi connectivity index (χ3n) is 2.60. The van der Waals surface area contributed by atoms with Gasteiger partial charge < -0.3 is 14.8 Å². The van der Waals surface area contributed by atoms with E-state index in [1.807, 2.05) is 0 Å². The zero-order chi connectivity index (χ0) is 15.6. The number of allylic oxidation sites excluding steroid dienone is 1. The fourth-order valence-electron chi connectivity index (χ4n) is 1.77. The maximum absolute atomic E-state index is 12.1. The monoisotopic (exact) mass is 285 g/mol. The highest BCUT2D eigenvalue weighted by Gasteiger charge is 2.49. The summed E-state index contributed by atoms with van der Waals surface area (Å²) < 4.78 is 9.85. The second-order valence-corrected chi connectivity index (χ2v) is 4.21. The molecule has 0 aromatic carbocycles. The normalized spacial score (nSPS) is 10.6. The van der Waals surface area contributed by atoms with Gasteiger partial charge in [-0.15, -0.1) is 6.58 Å². The minimum Gasteiger partial charge on any atom is -0.464 e. The highest BCUT2D eigenvalue weighted by molar-refractivity contribution is 6.07. The van der Waals surface area contributed by atoms with Crippen LogP contribution in [0.25, 0.3) is 0 Å². The van der Waals surface area contributed by atoms with Crippen molar-refractivity contribution in [2.75, 3.05) is 13.2 Å². The Morgan fingerprint density at radius 2 is 1.65 bits per heavy atom. The van der Waals surface area contributed by atoms with Crippen LogP contribution in [-0.4, -0.2) is 36.6 Å². The number of amides is 1. The van der Waals surface area contributed by atoms with Crippen LogP contribution in [0.5, 0.6) is 0 Å². The molecule has 0 aliphatic heterocycles. The molecular formula is C14H23NO5. The van der Waals surface area contributed by atoms with Crippen molar-refractivity contribution in [1.29, 1.82) is 0 Å². The summed E-state index contributed by atoms with van der Waals surface area (Å²) in [7, 11) is 0. The molecule has 6 nitrogen and oxygen atoms in total. The Morgan fingerprint density at radius 1 is 1.15 bits per heavy atom. The number of rotatable bonds is 9. The number of ether oxygens (including phenoxy) is 2. The Labute approximate surface area is 119 Å². The van der Waals surface area contributed by atoms with Crippen molar-refractivity contribution in [3.8, 4) is 0 Å². The van der Waals surface area contributed by atoms with Gasteiger partial charge in [-0.05, 0) is 33.1 Å². The molecule has 0 atom stereocenters. The second-order valence-electron chi connectivity index (χ2n) is 4.21. The lowest BCUT2D eigenvalue weighted by Gasteiger charge is -2.29. The van der Waals surface area contributed by atoms with Crippen molar-refractivity contribution < 1.29 is 23.9 Å². The molecule has 114 valence electrons. The summed E-state index contributed by atoms with van der Waals surface area (Å²) in [6.45, 7) is 8.31. The zero-order valence-corrected chi connectivity index (χ0v) is 12.4. The topological polar surface area (TPSA) is 81.7 Å². The van der Waals surface area contributed by atoms with Crippen molar-refractivity contribution in [2.24, 2.45) is 0 Å². The number of hydrogen-bond acceptors (Lipinski definition) is 5. The zero-order valence-electron chi connectivity index (χ0n) is 12.4. The molecule has 0 heterocycles. The molecule has 0 unspecified atom stereocenters. The summed E-state index contributed by atoms with van der Waals surface area (Å²) in [5.74, 6) is -2.08. The highest BCUT2D eigenvalue weighted by Crippen LogP contribution is 2.19. The van der Waals surface area contributed by atoms with Gasteiger partial charge in [0.2, 0.25) is 11.4 Å². The number of carbonyl (C=O) groups is 3. The van der Waals surface area contributed by atoms with Crippen LogP contribution in [0.4, 0.5) is 0 Å². The molecular weight excluding hydrogens is 262 g/mol. The van der Waals surface area contributed by atoms with Crippen LogP contribution in [0, 0.1) is 0 Å². The SMILES string of the molecule is C=CCCCC(NC(C)=O)(C(=O)OCC)C(=O)OCC. The van der Waals surface area contributed by atoms with Gasteiger partial charge in [0, 0.05) is 6.92 Å². The maximum atomic E-state index is 12.1. The molecule has 0 saturated carbocycles. The molecule has 1 N–H and O–H groups in total. The maximum Gasteiger partial charge on any atom is 0.343 e. The Kier molecular flexibility index (Phi) is 8.27. The standard InChI is InChI=1S/C14H23NO5/c1-5-8-9-10-14(15-11(4)16,12(17)19-6-2)13(18)20-7-3/h5H,1,6-10H2,2-4H3,(H,15,16). The lowest BCUT2D eigenvalue weighted by molar-refractivity contribution is -0.168. The average molecular weight is 285 g/mol. The Morgan fingerprint density at radius 3 is 2.00 bits per heavy atom. The molecule has 20 heavy (non-hydrogen) atoms. The van der Waals surface area contributed by atoms with Crippen LogP contribution in [-0.2, 0) is 23.9 Å². The van der Waals surface area contributed by atoms with E-state index in [1.54, 1.807) is 19.9 Å². The predicted octanol–water partition coefficient (Wildman–Crippen LogP) is 1.34. The first kappa shape index (κ1) is 18.1. The molecule has 0 radical (unpaired) electrons. The van der Waals surface area contributed by atoms with Crippen LogP contribution < -0.4 is 5.32 Å². The lowest BCUT2D eigenvalue weighted by Crippen LogP contribution is -2.61. The van der Waals surface area contributed by atoms with E-state index in [0.29, 0.717) is 12.8 Å². The summed E-state index contributed by atoms with van der Waals surface area (Å²) in [5.41, 5.74) is -1.78. The van der Waals surface area contributed by atoms with Crippen LogP contribution in [0.1, 0.15) is 40.0 Å². The first-order chi connectivity index (χ1) is 9.44. The molecule has 0 saturated heterocycles. The van der Waals surface area contributed by atoms with Crippen molar-refractivity contribution in [1.82, 2.24) is 5.32 Å². The smallest absolute Gasteiger partial charge is 0.343 e. The molecule has 6 heteroatoms. The summed E-state index contributed by atoms with van der Waals surface area (Å²) in [6, 6.07) is 0. The second kappa shape index (κ2) is 9.12. The van der Waals surface area contributed by atoms with Crippen LogP contribution in [0.15, 0.2) is 12.7 Å². The molecule has 0 rings (SSSR count). The Bertz CT molecular complexity index is 347. The summed E-state index contributed by atoms with van der Waals surface area (Å²) >= 11 is 0. The summed E-state index contributed by atoms with van der Waals surface area (Å²) in [4.78, 5) is 35.7. The van der Waals surface area contributed by atoms with Gasteiger partial charge in [-0.1, -0.05) is 6.08 Å². The van der Waals surface area contributed by atoms with Gasteiger partial charge in [-0.25, -0.2) is 9.59 Å². The van der Waals surface area contributed by atoms with Gasteiger partial charge in [-0.2, -0.15) is 0 Å². The van der Waals surface area contributed by atoms with E-state index in [0.717, 1.165) is 0 Å². The molecule has 0 fully saturated rings. The first-order valence-corrected chi connectivity index (χ1v) is 6.68. The number of nitrogens with one attached hydrogen (secondary N) is 1. The van der Waals surface area contributed by atoms with Crippen molar-refractivity contribution in [3.63, 3.8) is 0 Å². The molecule has 0 aromatic heterocycles. The fraction of sp³-hybridized carbons (Fsp3) is 0.643. The Balaban J connectivity index is 5.36. The van der Waals surface area contributed by atoms with E-state index in [9.17, 15) is 14.4 Å². The van der Waals surface area contributed by atoms with E-state index < -0.39 is 23.4 Å². The molecule has 0 spiro atoms. The summed E-state index contributed by atoms with van der Waals surface area (Å²) in [6.07, 6.45) is 2.90. The van der Waals surface area contributed by atoms with Gasteiger partial charge in [-0.3, -0.25) is 4.79 Å². The van der Waals surface area contributed by atoms with Crippen molar-refractivity contribution in [2.45, 2.75) is 45.6 Å². The quantitative estimate of drug-likeness (QED) is 0.299. The third kappa shape index (κ3) is 5.03. The van der Waals surface area contributed by atoms with E-state index in [1.165, 1.54) is 6.92 Å². The van der Waals surface area contributed by atoms with Crippen LogP contribution in [0.2, 0.25) is 0 Å². The number of esters is 2. The average Bonchev–Trinajstić information content (AvgIpc) is 2.37. The highest BCUT2D eigenvalue weighted by atomic mass is 16.6. The van der Waals surface area contributed by atoms with E-state index in [2.05, 4.69) is 11.9 Å².